The van der Waals surface area contributed by atoms with E-state index in [4.69, 9.17) is 4.74 Å². The summed E-state index contributed by atoms with van der Waals surface area (Å²) in [4.78, 5) is 11.5. The standard InChI is InChI=1S/C15H18O2/c1-3-14(15(16)17-4-2)12-8-11-13-9-6-5-7-10-13/h3,5-11,14H,1,4,12H2,2H3. The molecule has 0 saturated carbocycles. The third kappa shape index (κ3) is 4.68. The van der Waals surface area contributed by atoms with Crippen molar-refractivity contribution in [2.24, 2.45) is 5.92 Å². The fourth-order valence-corrected chi connectivity index (χ4v) is 1.45. The molecule has 1 unspecified atom stereocenters. The van der Waals surface area contributed by atoms with Crippen LogP contribution in [0, 0.1) is 5.92 Å². The van der Waals surface area contributed by atoms with E-state index in [-0.39, 0.29) is 11.9 Å². The minimum Gasteiger partial charge on any atom is -0.466 e. The van der Waals surface area contributed by atoms with Gasteiger partial charge < -0.3 is 4.74 Å². The highest BCUT2D eigenvalue weighted by atomic mass is 16.5. The summed E-state index contributed by atoms with van der Waals surface area (Å²) in [5.41, 5.74) is 1.12. The van der Waals surface area contributed by atoms with E-state index in [0.29, 0.717) is 13.0 Å². The van der Waals surface area contributed by atoms with E-state index in [1.165, 1.54) is 0 Å². The molecule has 2 heteroatoms. The highest BCUT2D eigenvalue weighted by Crippen LogP contribution is 2.10. The number of hydrogen-bond acceptors (Lipinski definition) is 2. The van der Waals surface area contributed by atoms with E-state index >= 15 is 0 Å². The zero-order valence-corrected chi connectivity index (χ0v) is 10.1. The lowest BCUT2D eigenvalue weighted by Crippen LogP contribution is -2.14. The summed E-state index contributed by atoms with van der Waals surface area (Å²) in [6.07, 6.45) is 6.22. The van der Waals surface area contributed by atoms with E-state index in [2.05, 4.69) is 6.58 Å². The largest absolute Gasteiger partial charge is 0.466 e. The number of carbonyl (C=O) groups excluding carboxylic acids is 1. The zero-order chi connectivity index (χ0) is 12.5. The molecule has 0 aliphatic carbocycles. The number of carbonyl (C=O) groups is 1. The summed E-state index contributed by atoms with van der Waals surface area (Å²) in [5.74, 6) is -0.463. The van der Waals surface area contributed by atoms with Gasteiger partial charge in [0.15, 0.2) is 0 Å². The molecule has 0 amide bonds. The molecule has 17 heavy (non-hydrogen) atoms. The average Bonchev–Trinajstić information content (AvgIpc) is 2.36. The van der Waals surface area contributed by atoms with Crippen LogP contribution in [-0.2, 0) is 9.53 Å². The van der Waals surface area contributed by atoms with Crippen molar-refractivity contribution in [1.29, 1.82) is 0 Å². The molecule has 0 aliphatic heterocycles. The Labute approximate surface area is 103 Å². The maximum absolute atomic E-state index is 11.5. The maximum Gasteiger partial charge on any atom is 0.313 e. The van der Waals surface area contributed by atoms with Crippen LogP contribution in [0.1, 0.15) is 18.9 Å². The highest BCUT2D eigenvalue weighted by molar-refractivity contribution is 5.74. The summed E-state index contributed by atoms with van der Waals surface area (Å²) in [6, 6.07) is 9.97. The fourth-order valence-electron chi connectivity index (χ4n) is 1.45. The molecule has 1 aromatic rings. The second-order valence-corrected chi connectivity index (χ2v) is 3.64. The molecule has 1 atom stereocenters. The van der Waals surface area contributed by atoms with Gasteiger partial charge in [-0.3, -0.25) is 4.79 Å². The van der Waals surface area contributed by atoms with Crippen molar-refractivity contribution in [2.75, 3.05) is 6.61 Å². The lowest BCUT2D eigenvalue weighted by atomic mass is 10.1. The van der Waals surface area contributed by atoms with Crippen LogP contribution in [0.5, 0.6) is 0 Å². The van der Waals surface area contributed by atoms with E-state index in [1.54, 1.807) is 13.0 Å². The molecule has 0 radical (unpaired) electrons. The van der Waals surface area contributed by atoms with Gasteiger partial charge in [0, 0.05) is 0 Å². The Balaban J connectivity index is 2.50. The predicted octanol–water partition coefficient (Wildman–Crippen LogP) is 3.46. The molecule has 0 bridgehead atoms. The predicted molar refractivity (Wildman–Crippen MR) is 70.4 cm³/mol. The van der Waals surface area contributed by atoms with Gasteiger partial charge in [-0.25, -0.2) is 0 Å². The topological polar surface area (TPSA) is 26.3 Å². The number of hydrogen-bond donors (Lipinski definition) is 0. The average molecular weight is 230 g/mol. The minimum absolute atomic E-state index is 0.208. The van der Waals surface area contributed by atoms with Crippen LogP contribution in [-0.4, -0.2) is 12.6 Å². The van der Waals surface area contributed by atoms with E-state index in [0.717, 1.165) is 5.56 Å². The van der Waals surface area contributed by atoms with E-state index in [9.17, 15) is 4.79 Å². The van der Waals surface area contributed by atoms with Crippen molar-refractivity contribution in [3.05, 3.63) is 54.6 Å². The van der Waals surface area contributed by atoms with Crippen LogP contribution < -0.4 is 0 Å². The van der Waals surface area contributed by atoms with Gasteiger partial charge in [0.1, 0.15) is 0 Å². The number of esters is 1. The Morgan fingerprint density at radius 3 is 2.71 bits per heavy atom. The lowest BCUT2D eigenvalue weighted by molar-refractivity contribution is -0.146. The van der Waals surface area contributed by atoms with E-state index < -0.39 is 0 Å². The van der Waals surface area contributed by atoms with Gasteiger partial charge >= 0.3 is 5.97 Å². The van der Waals surface area contributed by atoms with Crippen LogP contribution in [0.15, 0.2) is 49.1 Å². The smallest absolute Gasteiger partial charge is 0.313 e. The van der Waals surface area contributed by atoms with Crippen molar-refractivity contribution in [3.63, 3.8) is 0 Å². The number of ether oxygens (including phenoxy) is 1. The Morgan fingerprint density at radius 1 is 1.41 bits per heavy atom. The van der Waals surface area contributed by atoms with Crippen LogP contribution in [0.25, 0.3) is 6.08 Å². The van der Waals surface area contributed by atoms with Crippen molar-refractivity contribution in [1.82, 2.24) is 0 Å². The second-order valence-electron chi connectivity index (χ2n) is 3.64. The Hall–Kier alpha value is -1.83. The molecule has 90 valence electrons. The first kappa shape index (κ1) is 13.2. The van der Waals surface area contributed by atoms with E-state index in [1.807, 2.05) is 42.5 Å². The normalized spacial score (nSPS) is 12.3. The molecule has 0 spiro atoms. The number of benzene rings is 1. The molecule has 0 saturated heterocycles. The quantitative estimate of drug-likeness (QED) is 0.552. The van der Waals surface area contributed by atoms with Gasteiger partial charge in [0.05, 0.1) is 12.5 Å². The van der Waals surface area contributed by atoms with Gasteiger partial charge in [0.2, 0.25) is 0 Å². The molecule has 0 fully saturated rings. The molecule has 0 aliphatic rings. The first-order chi connectivity index (χ1) is 8.27. The van der Waals surface area contributed by atoms with Crippen molar-refractivity contribution < 1.29 is 9.53 Å². The lowest BCUT2D eigenvalue weighted by Gasteiger charge is -2.08. The first-order valence-corrected chi connectivity index (χ1v) is 5.78. The molecule has 0 aromatic heterocycles. The van der Waals surface area contributed by atoms with Crippen LogP contribution in [0.2, 0.25) is 0 Å². The summed E-state index contributed by atoms with van der Waals surface area (Å²) in [6.45, 7) is 5.87. The van der Waals surface area contributed by atoms with Gasteiger partial charge in [-0.2, -0.15) is 0 Å². The molecular weight excluding hydrogens is 212 g/mol. The Kier molecular flexibility index (Phi) is 5.80. The Bertz CT molecular complexity index is 379. The van der Waals surface area contributed by atoms with Crippen LogP contribution in [0.3, 0.4) is 0 Å². The first-order valence-electron chi connectivity index (χ1n) is 5.78. The summed E-state index contributed by atoms with van der Waals surface area (Å²) < 4.78 is 4.95. The molecule has 0 N–H and O–H groups in total. The van der Waals surface area contributed by atoms with Crippen molar-refractivity contribution in [2.45, 2.75) is 13.3 Å². The molecule has 0 heterocycles. The monoisotopic (exact) mass is 230 g/mol. The zero-order valence-electron chi connectivity index (χ0n) is 10.1. The summed E-state index contributed by atoms with van der Waals surface area (Å²) >= 11 is 0. The van der Waals surface area contributed by atoms with Crippen LogP contribution in [0.4, 0.5) is 0 Å². The van der Waals surface area contributed by atoms with Gasteiger partial charge in [-0.15, -0.1) is 6.58 Å². The third-order valence-electron chi connectivity index (χ3n) is 2.37. The summed E-state index contributed by atoms with van der Waals surface area (Å²) in [7, 11) is 0. The molecule has 1 rings (SSSR count). The SMILES string of the molecule is C=CC(CC=Cc1ccccc1)C(=O)OCC. The molecule has 1 aromatic carbocycles. The fraction of sp³-hybridized carbons (Fsp3) is 0.267. The summed E-state index contributed by atoms with van der Waals surface area (Å²) in [5, 5.41) is 0. The van der Waals surface area contributed by atoms with Crippen molar-refractivity contribution >= 4 is 12.0 Å². The third-order valence-corrected chi connectivity index (χ3v) is 2.37. The molecular formula is C15H18O2. The maximum atomic E-state index is 11.5. The Morgan fingerprint density at radius 2 is 2.12 bits per heavy atom. The molecule has 2 nitrogen and oxygen atoms in total. The van der Waals surface area contributed by atoms with Gasteiger partial charge in [-0.05, 0) is 18.9 Å². The second kappa shape index (κ2) is 7.44. The van der Waals surface area contributed by atoms with Crippen molar-refractivity contribution in [3.8, 4) is 0 Å². The van der Waals surface area contributed by atoms with Gasteiger partial charge in [-0.1, -0.05) is 48.6 Å². The highest BCUT2D eigenvalue weighted by Gasteiger charge is 2.13. The number of allylic oxidation sites excluding steroid dienone is 1. The van der Waals surface area contributed by atoms with Gasteiger partial charge in [0.25, 0.3) is 0 Å². The number of rotatable bonds is 6. The minimum atomic E-state index is -0.255. The van der Waals surface area contributed by atoms with Crippen LogP contribution >= 0.6 is 0 Å².